The number of morpholine rings is 1. The molecule has 0 radical (unpaired) electrons. The van der Waals surface area contributed by atoms with Crippen LogP contribution in [0.1, 0.15) is 0 Å². The van der Waals surface area contributed by atoms with Crippen molar-refractivity contribution in [3.63, 3.8) is 0 Å². The van der Waals surface area contributed by atoms with E-state index in [2.05, 4.69) is 26.3 Å². The fourth-order valence-electron chi connectivity index (χ4n) is 3.60. The number of nitrogens with two attached hydrogens (primary N) is 1. The average molecular weight is 417 g/mol. The zero-order valence-corrected chi connectivity index (χ0v) is 17.2. The molecule has 158 valence electrons. The molecule has 9 heteroatoms. The molecule has 5 rings (SSSR count). The predicted octanol–water partition coefficient (Wildman–Crippen LogP) is 3.32. The molecule has 0 atom stereocenters. The third-order valence-corrected chi connectivity index (χ3v) is 5.20. The van der Waals surface area contributed by atoms with Crippen LogP contribution in [-0.2, 0) is 11.8 Å². The third kappa shape index (κ3) is 4.08. The lowest BCUT2D eigenvalue weighted by atomic mass is 10.3. The molecule has 0 amide bonds. The quantitative estimate of drug-likeness (QED) is 0.510. The van der Waals surface area contributed by atoms with E-state index in [-0.39, 0.29) is 0 Å². The highest BCUT2D eigenvalue weighted by atomic mass is 16.5. The highest BCUT2D eigenvalue weighted by molar-refractivity contribution is 5.81. The number of rotatable bonds is 5. The molecule has 1 saturated heterocycles. The Morgan fingerprint density at radius 2 is 1.90 bits per heavy atom. The van der Waals surface area contributed by atoms with Gasteiger partial charge in [-0.15, -0.1) is 0 Å². The van der Waals surface area contributed by atoms with Gasteiger partial charge in [-0.2, -0.15) is 0 Å². The number of nitrogens with zero attached hydrogens (tertiary/aromatic N) is 5. The fraction of sp³-hybridized carbons (Fsp3) is 0.227. The highest BCUT2D eigenvalue weighted by Crippen LogP contribution is 2.29. The van der Waals surface area contributed by atoms with Gasteiger partial charge in [0.25, 0.3) is 0 Å². The van der Waals surface area contributed by atoms with Crippen molar-refractivity contribution in [2.75, 3.05) is 42.3 Å². The van der Waals surface area contributed by atoms with E-state index >= 15 is 0 Å². The first-order valence-corrected chi connectivity index (χ1v) is 10.1. The van der Waals surface area contributed by atoms with Gasteiger partial charge in [0.05, 0.1) is 48.0 Å². The van der Waals surface area contributed by atoms with Crippen LogP contribution in [0.25, 0.3) is 11.0 Å². The molecule has 9 nitrogen and oxygen atoms in total. The second-order valence-electron chi connectivity index (χ2n) is 7.32. The van der Waals surface area contributed by atoms with Crippen molar-refractivity contribution in [2.45, 2.75) is 0 Å². The van der Waals surface area contributed by atoms with Gasteiger partial charge in [-0.05, 0) is 24.3 Å². The summed E-state index contributed by atoms with van der Waals surface area (Å²) in [6, 6.07) is 11.3. The molecule has 0 saturated carbocycles. The lowest BCUT2D eigenvalue weighted by Gasteiger charge is -2.28. The van der Waals surface area contributed by atoms with Gasteiger partial charge in [0.15, 0.2) is 0 Å². The van der Waals surface area contributed by atoms with Crippen LogP contribution in [0.4, 0.5) is 23.1 Å². The Morgan fingerprint density at radius 1 is 1.06 bits per heavy atom. The Morgan fingerprint density at radius 3 is 2.74 bits per heavy atom. The van der Waals surface area contributed by atoms with E-state index in [1.165, 1.54) is 0 Å². The third-order valence-electron chi connectivity index (χ3n) is 5.20. The van der Waals surface area contributed by atoms with E-state index in [0.717, 1.165) is 54.7 Å². The van der Waals surface area contributed by atoms with Gasteiger partial charge < -0.3 is 30.0 Å². The van der Waals surface area contributed by atoms with Crippen LogP contribution in [0.15, 0.2) is 55.0 Å². The first-order chi connectivity index (χ1) is 15.2. The first-order valence-electron chi connectivity index (χ1n) is 10.1. The summed E-state index contributed by atoms with van der Waals surface area (Å²) in [5.74, 6) is 2.45. The van der Waals surface area contributed by atoms with Gasteiger partial charge in [-0.1, -0.05) is 0 Å². The van der Waals surface area contributed by atoms with Crippen LogP contribution in [0.2, 0.25) is 0 Å². The van der Waals surface area contributed by atoms with E-state index in [1.807, 2.05) is 36.0 Å². The molecule has 4 heterocycles. The first kappa shape index (κ1) is 19.1. The van der Waals surface area contributed by atoms with Gasteiger partial charge in [0, 0.05) is 38.5 Å². The molecule has 0 unspecified atom stereocenters. The molecular formula is C22H23N7O2. The average Bonchev–Trinajstić information content (AvgIpc) is 3.09. The van der Waals surface area contributed by atoms with Crippen molar-refractivity contribution < 1.29 is 9.47 Å². The van der Waals surface area contributed by atoms with Crippen molar-refractivity contribution >= 4 is 34.2 Å². The molecule has 4 aromatic rings. The lowest BCUT2D eigenvalue weighted by molar-refractivity contribution is 0.122. The molecule has 0 spiro atoms. The predicted molar refractivity (Wildman–Crippen MR) is 120 cm³/mol. The summed E-state index contributed by atoms with van der Waals surface area (Å²) in [6.07, 6.45) is 5.29. The zero-order chi connectivity index (χ0) is 21.2. The normalized spacial score (nSPS) is 14.0. The van der Waals surface area contributed by atoms with Crippen molar-refractivity contribution in [1.29, 1.82) is 0 Å². The number of imidazole rings is 1. The number of hydrogen-bond acceptors (Lipinski definition) is 8. The van der Waals surface area contributed by atoms with Gasteiger partial charge in [0.2, 0.25) is 5.95 Å². The van der Waals surface area contributed by atoms with Crippen LogP contribution in [0.5, 0.6) is 11.5 Å². The maximum atomic E-state index is 5.90. The summed E-state index contributed by atoms with van der Waals surface area (Å²) in [6.45, 7) is 3.20. The fourth-order valence-corrected chi connectivity index (χ4v) is 3.60. The largest absolute Gasteiger partial charge is 0.457 e. The number of fused-ring (bicyclic) bond motifs is 1. The number of pyridine rings is 2. The SMILES string of the molecule is Cn1c(Nc2cncc(N3CCOCC3)c2)nc2cc(Oc3ccnc(N)c3)ccc21. The number of nitrogens with one attached hydrogen (secondary N) is 1. The van der Waals surface area contributed by atoms with E-state index in [4.69, 9.17) is 20.2 Å². The van der Waals surface area contributed by atoms with Crippen molar-refractivity contribution in [3.8, 4) is 11.5 Å². The van der Waals surface area contributed by atoms with Crippen LogP contribution >= 0.6 is 0 Å². The summed E-state index contributed by atoms with van der Waals surface area (Å²) in [5, 5.41) is 3.38. The number of ether oxygens (including phenoxy) is 2. The Hall–Kier alpha value is -3.85. The maximum absolute atomic E-state index is 5.90. The number of aromatic nitrogens is 4. The van der Waals surface area contributed by atoms with E-state index in [9.17, 15) is 0 Å². The minimum absolute atomic E-state index is 0.413. The van der Waals surface area contributed by atoms with Crippen LogP contribution in [-0.4, -0.2) is 45.8 Å². The molecule has 3 N–H and O–H groups in total. The smallest absolute Gasteiger partial charge is 0.208 e. The summed E-state index contributed by atoms with van der Waals surface area (Å²) in [4.78, 5) is 15.4. The molecule has 0 bridgehead atoms. The molecule has 1 aliphatic heterocycles. The minimum atomic E-state index is 0.413. The Kier molecular flexibility index (Phi) is 5.01. The summed E-state index contributed by atoms with van der Waals surface area (Å²) < 4.78 is 13.3. The van der Waals surface area contributed by atoms with Crippen LogP contribution < -0.4 is 20.7 Å². The van der Waals surface area contributed by atoms with Crippen LogP contribution in [0, 0.1) is 0 Å². The number of anilines is 4. The molecule has 31 heavy (non-hydrogen) atoms. The summed E-state index contributed by atoms with van der Waals surface area (Å²) in [7, 11) is 1.97. The van der Waals surface area contributed by atoms with E-state index < -0.39 is 0 Å². The molecule has 1 fully saturated rings. The van der Waals surface area contributed by atoms with Crippen molar-refractivity contribution in [2.24, 2.45) is 7.05 Å². The molecule has 1 aromatic carbocycles. The maximum Gasteiger partial charge on any atom is 0.208 e. The van der Waals surface area contributed by atoms with Gasteiger partial charge in [0.1, 0.15) is 17.3 Å². The van der Waals surface area contributed by atoms with Crippen molar-refractivity contribution in [1.82, 2.24) is 19.5 Å². The van der Waals surface area contributed by atoms with E-state index in [0.29, 0.717) is 17.3 Å². The Balaban J connectivity index is 1.38. The second-order valence-corrected chi connectivity index (χ2v) is 7.32. The van der Waals surface area contributed by atoms with Crippen LogP contribution in [0.3, 0.4) is 0 Å². The summed E-state index contributed by atoms with van der Waals surface area (Å²) >= 11 is 0. The number of benzene rings is 1. The number of aryl methyl sites for hydroxylation is 1. The van der Waals surface area contributed by atoms with Crippen molar-refractivity contribution in [3.05, 3.63) is 55.0 Å². The monoisotopic (exact) mass is 417 g/mol. The molecule has 0 aliphatic carbocycles. The summed E-state index contributed by atoms with van der Waals surface area (Å²) in [5.41, 5.74) is 9.49. The van der Waals surface area contributed by atoms with Gasteiger partial charge in [-0.3, -0.25) is 4.98 Å². The Labute approximate surface area is 179 Å². The number of hydrogen-bond donors (Lipinski definition) is 2. The van der Waals surface area contributed by atoms with Gasteiger partial charge >= 0.3 is 0 Å². The molecule has 3 aromatic heterocycles. The molecular weight excluding hydrogens is 394 g/mol. The number of nitrogen functional groups attached to an aromatic ring is 1. The highest BCUT2D eigenvalue weighted by Gasteiger charge is 2.14. The molecule has 1 aliphatic rings. The standard InChI is InChI=1S/C22H23N7O2/c1-28-20-3-2-17(31-18-4-5-25-21(23)12-18)11-19(20)27-22(28)26-15-10-16(14-24-13-15)29-6-8-30-9-7-29/h2-5,10-14H,6-9H2,1H3,(H2,23,25)(H,26,27). The minimum Gasteiger partial charge on any atom is -0.457 e. The van der Waals surface area contributed by atoms with Gasteiger partial charge in [-0.25, -0.2) is 9.97 Å². The topological polar surface area (TPSA) is 103 Å². The zero-order valence-electron chi connectivity index (χ0n) is 17.2. The lowest BCUT2D eigenvalue weighted by Crippen LogP contribution is -2.36. The Bertz CT molecular complexity index is 1220. The second kappa shape index (κ2) is 8.11. The van der Waals surface area contributed by atoms with E-state index in [1.54, 1.807) is 24.5 Å².